The molecule has 0 saturated carbocycles. The van der Waals surface area contributed by atoms with E-state index in [1.807, 2.05) is 13.8 Å². The minimum Gasteiger partial charge on any atom is -0.481 e. The Hall–Kier alpha value is -8.59. The van der Waals surface area contributed by atoms with Crippen LogP contribution < -0.4 is 47.1 Å². The Labute approximate surface area is 474 Å². The summed E-state index contributed by atoms with van der Waals surface area (Å²) in [6.45, 7) is 8.31. The molecule has 7 atom stereocenters. The fourth-order valence-corrected chi connectivity index (χ4v) is 8.76. The molecule has 0 aliphatic heterocycles. The zero-order valence-corrected chi connectivity index (χ0v) is 47.0. The molecule has 13 N–H and O–H groups in total. The largest absolute Gasteiger partial charge is 0.481 e. The molecule has 4 aromatic rings. The summed E-state index contributed by atoms with van der Waals surface area (Å²) in [5, 5.41) is 37.7. The summed E-state index contributed by atoms with van der Waals surface area (Å²) in [4.78, 5) is 138. The number of alkyl carbamates (subject to hydrolysis) is 1. The van der Waals surface area contributed by atoms with Crippen molar-refractivity contribution in [1.82, 2.24) is 42.2 Å². The third-order valence-corrected chi connectivity index (χ3v) is 12.9. The van der Waals surface area contributed by atoms with E-state index in [2.05, 4.69) is 46.4 Å². The summed E-state index contributed by atoms with van der Waals surface area (Å²) in [6.07, 6.45) is -0.371. The van der Waals surface area contributed by atoms with Gasteiger partial charge in [-0.25, -0.2) is 4.79 Å². The number of aromatic nitrogens is 1. The van der Waals surface area contributed by atoms with Gasteiger partial charge in [-0.05, 0) is 74.9 Å². The third-order valence-electron chi connectivity index (χ3n) is 12.5. The summed E-state index contributed by atoms with van der Waals surface area (Å²) >= 11 is 0. The molecule has 4 rings (SSSR count). The molecule has 1 aromatic heterocycles. The number of carbonyl (C=O) groups is 10. The van der Waals surface area contributed by atoms with E-state index in [1.165, 1.54) is 12.1 Å². The Balaban J connectivity index is 1.67. The van der Waals surface area contributed by atoms with Gasteiger partial charge in [0.25, 0.3) is 0 Å². The number of rotatable bonds is 33. The summed E-state index contributed by atoms with van der Waals surface area (Å²) < 4.78 is 41.7. The number of carbonyl (C=O) groups excluding carboxylic acids is 8. The summed E-state index contributed by atoms with van der Waals surface area (Å²) in [6, 6.07) is 9.93. The Morgan fingerprint density at radius 1 is 0.561 bits per heavy atom. The molecule has 26 nitrogen and oxygen atoms in total. The van der Waals surface area contributed by atoms with Crippen molar-refractivity contribution in [3.05, 3.63) is 102 Å². The SMILES string of the molecule is CCCC[C@H](NC(=O)[C@H](Cc1ccc(OS(=O)(=O)O)cc1)NC(=O)[C@@H](CCC(=O)O)NC(=O)OC(C)(C)C)C(=O)N[C@H](CCCC)C(=O)N[C@@H](Cc1c[nH]c2ccccc12)C(=O)N[C@@H](CC(=O)O)C(=O)N[C@@H](Cc1ccccc1)C(N)=O. The van der Waals surface area contributed by atoms with E-state index in [0.29, 0.717) is 47.7 Å². The average molecular weight is 1160 g/mol. The van der Waals surface area contributed by atoms with E-state index in [0.717, 1.165) is 12.1 Å². The van der Waals surface area contributed by atoms with Gasteiger partial charge in [-0.2, -0.15) is 8.42 Å². The number of hydrogen-bond acceptors (Lipinski definition) is 14. The van der Waals surface area contributed by atoms with Gasteiger partial charge in [-0.15, -0.1) is 0 Å². The average Bonchev–Trinajstić information content (AvgIpc) is 4.04. The van der Waals surface area contributed by atoms with Gasteiger partial charge in [-0.3, -0.25) is 47.7 Å². The van der Waals surface area contributed by atoms with Crippen molar-refractivity contribution in [3.63, 3.8) is 0 Å². The molecule has 82 heavy (non-hydrogen) atoms. The molecular weight excluding hydrogens is 1090 g/mol. The number of H-pyrrole nitrogens is 1. The van der Waals surface area contributed by atoms with E-state index in [9.17, 15) is 66.6 Å². The number of carboxylic acids is 2. The van der Waals surface area contributed by atoms with Crippen LogP contribution in [0.2, 0.25) is 0 Å². The number of fused-ring (bicyclic) bond motifs is 1. The van der Waals surface area contributed by atoms with Gasteiger partial charge in [0.05, 0.1) is 6.42 Å². The lowest BCUT2D eigenvalue weighted by atomic mass is 10.0. The van der Waals surface area contributed by atoms with E-state index in [-0.39, 0.29) is 43.4 Å². The summed E-state index contributed by atoms with van der Waals surface area (Å²) in [7, 11) is -4.92. The highest BCUT2D eigenvalue weighted by Gasteiger charge is 2.36. The highest BCUT2D eigenvalue weighted by atomic mass is 32.3. The van der Waals surface area contributed by atoms with Crippen molar-refractivity contribution >= 4 is 80.7 Å². The molecule has 1 heterocycles. The summed E-state index contributed by atoms with van der Waals surface area (Å²) in [5.41, 5.74) is 6.70. The topological polar surface area (TPSA) is 410 Å². The van der Waals surface area contributed by atoms with Gasteiger partial charge in [0.15, 0.2) is 0 Å². The number of hydrogen-bond donors (Lipinski definition) is 12. The van der Waals surface area contributed by atoms with Crippen LogP contribution in [0, 0.1) is 0 Å². The molecular formula is C55H73N9O17S. The molecule has 3 aromatic carbocycles. The lowest BCUT2D eigenvalue weighted by Gasteiger charge is -2.28. The number of amides is 8. The molecule has 0 fully saturated rings. The lowest BCUT2D eigenvalue weighted by molar-refractivity contribution is -0.141. The van der Waals surface area contributed by atoms with Crippen molar-refractivity contribution in [3.8, 4) is 5.75 Å². The molecule has 27 heteroatoms. The monoisotopic (exact) mass is 1160 g/mol. The summed E-state index contributed by atoms with van der Waals surface area (Å²) in [5.74, 6) is -9.84. The van der Waals surface area contributed by atoms with Gasteiger partial charge in [-0.1, -0.05) is 100 Å². The van der Waals surface area contributed by atoms with Crippen LogP contribution in [-0.2, 0) is 77.5 Å². The number of benzene rings is 3. The van der Waals surface area contributed by atoms with Crippen LogP contribution >= 0.6 is 0 Å². The van der Waals surface area contributed by atoms with E-state index in [4.69, 9.17) is 15.0 Å². The van der Waals surface area contributed by atoms with Crippen molar-refractivity contribution in [2.75, 3.05) is 0 Å². The highest BCUT2D eigenvalue weighted by Crippen LogP contribution is 2.21. The van der Waals surface area contributed by atoms with Crippen LogP contribution in [0.3, 0.4) is 0 Å². The fraction of sp³-hybridized carbons (Fsp3) is 0.455. The Morgan fingerprint density at radius 3 is 1.52 bits per heavy atom. The van der Waals surface area contributed by atoms with Crippen LogP contribution in [0.1, 0.15) is 109 Å². The number of aromatic amines is 1. The number of carboxylic acid groups (broad SMARTS) is 2. The first-order valence-electron chi connectivity index (χ1n) is 26.5. The van der Waals surface area contributed by atoms with Crippen LogP contribution in [0.4, 0.5) is 4.79 Å². The second-order valence-corrected chi connectivity index (χ2v) is 21.4. The molecule has 0 spiro atoms. The molecule has 0 bridgehead atoms. The first-order chi connectivity index (χ1) is 38.6. The molecule has 0 saturated heterocycles. The van der Waals surface area contributed by atoms with Crippen molar-refractivity contribution in [2.24, 2.45) is 5.73 Å². The first kappa shape index (κ1) is 65.9. The van der Waals surface area contributed by atoms with Crippen LogP contribution in [0.25, 0.3) is 10.9 Å². The zero-order valence-electron chi connectivity index (χ0n) is 46.2. The fourth-order valence-electron chi connectivity index (χ4n) is 8.41. The number of para-hydroxylation sites is 1. The van der Waals surface area contributed by atoms with Crippen LogP contribution in [0.15, 0.2) is 85.1 Å². The normalized spacial score (nSPS) is 14.0. The number of nitrogens with two attached hydrogens (primary N) is 1. The van der Waals surface area contributed by atoms with E-state index >= 15 is 0 Å². The maximum Gasteiger partial charge on any atom is 0.446 e. The lowest BCUT2D eigenvalue weighted by Crippen LogP contribution is -2.60. The van der Waals surface area contributed by atoms with Crippen molar-refractivity contribution in [1.29, 1.82) is 0 Å². The number of primary amides is 1. The van der Waals surface area contributed by atoms with Crippen LogP contribution in [-0.4, -0.2) is 135 Å². The predicted molar refractivity (Wildman–Crippen MR) is 297 cm³/mol. The van der Waals surface area contributed by atoms with Gasteiger partial charge >= 0.3 is 28.4 Å². The van der Waals surface area contributed by atoms with Crippen molar-refractivity contribution < 1.29 is 80.0 Å². The maximum absolute atomic E-state index is 14.6. The van der Waals surface area contributed by atoms with Crippen molar-refractivity contribution in [2.45, 2.75) is 160 Å². The van der Waals surface area contributed by atoms with E-state index in [1.54, 1.807) is 81.6 Å². The van der Waals surface area contributed by atoms with Crippen LogP contribution in [0.5, 0.6) is 5.75 Å². The number of ether oxygens (including phenoxy) is 1. The smallest absolute Gasteiger partial charge is 0.446 e. The van der Waals surface area contributed by atoms with Gasteiger partial charge < -0.3 is 67.1 Å². The molecule has 0 unspecified atom stereocenters. The van der Waals surface area contributed by atoms with Gasteiger partial charge in [0.2, 0.25) is 41.4 Å². The zero-order chi connectivity index (χ0) is 60.7. The Bertz CT molecular complexity index is 2990. The minimum absolute atomic E-state index is 0.00224. The number of nitrogens with one attached hydrogen (secondary N) is 8. The second kappa shape index (κ2) is 31.4. The number of unbranched alkanes of at least 4 members (excludes halogenated alkanes) is 2. The molecule has 0 aliphatic carbocycles. The highest BCUT2D eigenvalue weighted by molar-refractivity contribution is 7.81. The Kier molecular flexibility index (Phi) is 25.3. The van der Waals surface area contributed by atoms with Gasteiger partial charge in [0.1, 0.15) is 53.6 Å². The second-order valence-electron chi connectivity index (χ2n) is 20.4. The van der Waals surface area contributed by atoms with E-state index < -0.39 is 137 Å². The number of aliphatic carboxylic acids is 2. The molecule has 0 aliphatic rings. The standard InChI is InChI=1S/C55H73N9O17S/c1-6-8-18-38(59-51(73)42(28-33-21-23-35(24-22-33)81-82(77,78)79)61-50(72)40(25-26-45(65)66)64-54(76)80-55(3,4)5)48(70)58-39(19-9-7-2)49(71)62-43(29-34-31-57-37-20-14-13-17-36(34)37)52(74)63-44(30-46(67)68)53(75)60-41(47(56)69)27-32-15-11-10-12-16-32/h10-17,20-24,31,38-44,57H,6-9,18-19,25-30H2,1-5H3,(H2,56,69)(H,58,70)(H,59,73)(H,60,75)(H,61,72)(H,62,71)(H,63,74)(H,64,76)(H,65,66)(H,67,68)(H,77,78,79)/t38-,39+,40+,41-,42-,43-,44-/m0/s1. The predicted octanol–water partition coefficient (Wildman–Crippen LogP) is 2.38. The van der Waals surface area contributed by atoms with Gasteiger partial charge in [0, 0.05) is 42.8 Å². The Morgan fingerprint density at radius 2 is 1.01 bits per heavy atom. The molecule has 8 amide bonds. The molecule has 0 radical (unpaired) electrons. The molecule has 446 valence electrons. The minimum atomic E-state index is -4.92. The first-order valence-corrected chi connectivity index (χ1v) is 27.9. The maximum atomic E-state index is 14.6. The quantitative estimate of drug-likeness (QED) is 0.0305. The third kappa shape index (κ3) is 22.9.